The minimum absolute atomic E-state index is 0.307. The van der Waals surface area contributed by atoms with Gasteiger partial charge in [0.1, 0.15) is 11.5 Å². The Hall–Kier alpha value is -3.51. The number of carbonyl (C=O) groups is 2. The van der Waals surface area contributed by atoms with Crippen molar-refractivity contribution in [2.75, 3.05) is 14.2 Å². The highest BCUT2D eigenvalue weighted by atomic mass is 35.5. The second-order valence-electron chi connectivity index (χ2n) is 6.76. The summed E-state index contributed by atoms with van der Waals surface area (Å²) in [7, 11) is 3.14. The maximum absolute atomic E-state index is 12.7. The molecular formula is C22H15ClN2O4. The highest BCUT2D eigenvalue weighted by Crippen LogP contribution is 2.42. The van der Waals surface area contributed by atoms with Crippen molar-refractivity contribution in [3.05, 3.63) is 58.6 Å². The zero-order valence-corrected chi connectivity index (χ0v) is 16.3. The summed E-state index contributed by atoms with van der Waals surface area (Å²) in [6, 6.07) is 12.6. The molecule has 0 atom stereocenters. The number of aromatic amines is 1. The third-order valence-corrected chi connectivity index (χ3v) is 5.57. The first-order valence-corrected chi connectivity index (χ1v) is 9.25. The van der Waals surface area contributed by atoms with E-state index in [1.807, 2.05) is 24.3 Å². The zero-order valence-electron chi connectivity index (χ0n) is 15.6. The van der Waals surface area contributed by atoms with E-state index in [1.54, 1.807) is 32.4 Å². The van der Waals surface area contributed by atoms with Crippen LogP contribution in [0, 0.1) is 0 Å². The number of nitrogens with one attached hydrogen (secondary N) is 2. The molecule has 0 spiro atoms. The number of rotatable bonds is 3. The van der Waals surface area contributed by atoms with Crippen molar-refractivity contribution >= 4 is 45.2 Å². The number of hydrogen-bond donors (Lipinski definition) is 2. The van der Waals surface area contributed by atoms with Crippen molar-refractivity contribution in [1.82, 2.24) is 10.3 Å². The minimum Gasteiger partial charge on any atom is -0.497 e. The average Bonchev–Trinajstić information content (AvgIpc) is 3.23. The fraction of sp³-hybridized carbons (Fsp3) is 0.0909. The van der Waals surface area contributed by atoms with Gasteiger partial charge in [0.05, 0.1) is 25.3 Å². The summed E-state index contributed by atoms with van der Waals surface area (Å²) in [6.45, 7) is 0. The van der Waals surface area contributed by atoms with Gasteiger partial charge in [-0.15, -0.1) is 0 Å². The average molecular weight is 407 g/mol. The normalized spacial score (nSPS) is 13.1. The van der Waals surface area contributed by atoms with E-state index in [0.29, 0.717) is 44.2 Å². The molecule has 1 aliphatic rings. The van der Waals surface area contributed by atoms with Gasteiger partial charge in [0, 0.05) is 32.4 Å². The Bertz CT molecular complexity index is 1360. The van der Waals surface area contributed by atoms with Crippen molar-refractivity contribution < 1.29 is 19.1 Å². The first-order valence-electron chi connectivity index (χ1n) is 8.88. The molecule has 29 heavy (non-hydrogen) atoms. The van der Waals surface area contributed by atoms with E-state index in [-0.39, 0.29) is 0 Å². The number of hydrogen-bond acceptors (Lipinski definition) is 4. The SMILES string of the molecule is COc1ccc(Cl)c(-c2cc3[nH]c4ccc(OC)cc4c3c3c2C(=O)NC3=O)c1. The number of carbonyl (C=O) groups excluding carboxylic acids is 2. The van der Waals surface area contributed by atoms with Crippen LogP contribution in [0.3, 0.4) is 0 Å². The third-order valence-electron chi connectivity index (χ3n) is 5.24. The van der Waals surface area contributed by atoms with Crippen LogP contribution in [-0.4, -0.2) is 31.0 Å². The van der Waals surface area contributed by atoms with Crippen molar-refractivity contribution in [3.63, 3.8) is 0 Å². The molecule has 0 bridgehead atoms. The van der Waals surface area contributed by atoms with Gasteiger partial charge in [-0.25, -0.2) is 0 Å². The molecule has 144 valence electrons. The van der Waals surface area contributed by atoms with Crippen LogP contribution >= 0.6 is 11.6 Å². The summed E-state index contributed by atoms with van der Waals surface area (Å²) in [4.78, 5) is 28.8. The largest absolute Gasteiger partial charge is 0.497 e. The van der Waals surface area contributed by atoms with E-state index < -0.39 is 11.8 Å². The molecule has 3 aromatic carbocycles. The van der Waals surface area contributed by atoms with Gasteiger partial charge in [-0.1, -0.05) is 11.6 Å². The molecule has 0 unspecified atom stereocenters. The number of fused-ring (bicyclic) bond motifs is 5. The van der Waals surface area contributed by atoms with Crippen LogP contribution < -0.4 is 14.8 Å². The minimum atomic E-state index is -0.446. The molecule has 0 fully saturated rings. The number of aromatic nitrogens is 1. The Kier molecular flexibility index (Phi) is 3.79. The first kappa shape index (κ1) is 17.6. The predicted molar refractivity (Wildman–Crippen MR) is 111 cm³/mol. The van der Waals surface area contributed by atoms with Crippen LogP contribution in [0.2, 0.25) is 5.02 Å². The lowest BCUT2D eigenvalue weighted by Gasteiger charge is -2.11. The first-order chi connectivity index (χ1) is 14.0. The Labute approximate surface area is 170 Å². The molecule has 2 amide bonds. The Morgan fingerprint density at radius 3 is 2.24 bits per heavy atom. The van der Waals surface area contributed by atoms with Gasteiger partial charge in [0.15, 0.2) is 0 Å². The maximum Gasteiger partial charge on any atom is 0.259 e. The summed E-state index contributed by atoms with van der Waals surface area (Å²) in [5.41, 5.74) is 3.39. The third kappa shape index (κ3) is 2.49. The number of imide groups is 1. The Morgan fingerprint density at radius 2 is 1.48 bits per heavy atom. The van der Waals surface area contributed by atoms with Crippen LogP contribution in [0.5, 0.6) is 11.5 Å². The standard InChI is InChI=1S/C22H15ClN2O4/c1-28-10-3-5-15(23)12(7-10)13-9-17-18(20-19(13)21(26)25-22(20)27)14-8-11(29-2)4-6-16(14)24-17/h3-9,24H,1-2H3,(H,25,26,27). The van der Waals surface area contributed by atoms with Gasteiger partial charge in [-0.05, 0) is 48.0 Å². The molecule has 0 saturated carbocycles. The van der Waals surface area contributed by atoms with Crippen LogP contribution in [0.4, 0.5) is 0 Å². The molecule has 5 rings (SSSR count). The number of benzene rings is 3. The molecule has 0 saturated heterocycles. The molecule has 1 aromatic heterocycles. The lowest BCUT2D eigenvalue weighted by Crippen LogP contribution is -2.20. The maximum atomic E-state index is 12.7. The van der Waals surface area contributed by atoms with Gasteiger partial charge in [0.25, 0.3) is 11.8 Å². The van der Waals surface area contributed by atoms with E-state index in [1.165, 1.54) is 0 Å². The van der Waals surface area contributed by atoms with Crippen LogP contribution in [-0.2, 0) is 0 Å². The molecule has 6 nitrogen and oxygen atoms in total. The molecule has 7 heteroatoms. The van der Waals surface area contributed by atoms with E-state index in [4.69, 9.17) is 21.1 Å². The van der Waals surface area contributed by atoms with Gasteiger partial charge < -0.3 is 14.5 Å². The molecule has 0 aliphatic carbocycles. The summed E-state index contributed by atoms with van der Waals surface area (Å²) >= 11 is 6.44. The number of amides is 2. The molecule has 4 aromatic rings. The van der Waals surface area contributed by atoms with Crippen LogP contribution in [0.25, 0.3) is 32.9 Å². The molecular weight excluding hydrogens is 392 g/mol. The van der Waals surface area contributed by atoms with E-state index in [0.717, 1.165) is 16.4 Å². The lowest BCUT2D eigenvalue weighted by atomic mass is 9.92. The number of methoxy groups -OCH3 is 2. The molecule has 2 N–H and O–H groups in total. The summed E-state index contributed by atoms with van der Waals surface area (Å²) in [5, 5.41) is 4.36. The quantitative estimate of drug-likeness (QED) is 0.489. The monoisotopic (exact) mass is 406 g/mol. The second kappa shape index (κ2) is 6.25. The second-order valence-corrected chi connectivity index (χ2v) is 7.17. The molecule has 2 heterocycles. The predicted octanol–water partition coefficient (Wildman–Crippen LogP) is 4.54. The van der Waals surface area contributed by atoms with Crippen molar-refractivity contribution in [1.29, 1.82) is 0 Å². The topological polar surface area (TPSA) is 80.4 Å². The van der Waals surface area contributed by atoms with Gasteiger partial charge in [0.2, 0.25) is 0 Å². The van der Waals surface area contributed by atoms with Gasteiger partial charge in [-0.2, -0.15) is 0 Å². The van der Waals surface area contributed by atoms with E-state index in [9.17, 15) is 9.59 Å². The van der Waals surface area contributed by atoms with E-state index >= 15 is 0 Å². The molecule has 1 aliphatic heterocycles. The van der Waals surface area contributed by atoms with Crippen molar-refractivity contribution in [2.45, 2.75) is 0 Å². The highest BCUT2D eigenvalue weighted by molar-refractivity contribution is 6.36. The number of ether oxygens (including phenoxy) is 2. The van der Waals surface area contributed by atoms with Crippen LogP contribution in [0.1, 0.15) is 20.7 Å². The summed E-state index contributed by atoms with van der Waals surface area (Å²) in [6.07, 6.45) is 0. The van der Waals surface area contributed by atoms with Gasteiger partial charge >= 0.3 is 0 Å². The van der Waals surface area contributed by atoms with Gasteiger partial charge in [-0.3, -0.25) is 14.9 Å². The fourth-order valence-electron chi connectivity index (χ4n) is 3.91. The Balaban J connectivity index is 1.93. The zero-order chi connectivity index (χ0) is 20.3. The number of H-pyrrole nitrogens is 1. The summed E-state index contributed by atoms with van der Waals surface area (Å²) < 4.78 is 10.6. The van der Waals surface area contributed by atoms with Crippen LogP contribution in [0.15, 0.2) is 42.5 Å². The molecule has 0 radical (unpaired) electrons. The number of halogens is 1. The van der Waals surface area contributed by atoms with E-state index in [2.05, 4.69) is 10.3 Å². The lowest BCUT2D eigenvalue weighted by molar-refractivity contribution is 0.0880. The van der Waals surface area contributed by atoms with Crippen molar-refractivity contribution in [2.24, 2.45) is 0 Å². The summed E-state index contributed by atoms with van der Waals surface area (Å²) in [5.74, 6) is 0.388. The smallest absolute Gasteiger partial charge is 0.259 e. The van der Waals surface area contributed by atoms with Crippen molar-refractivity contribution in [3.8, 4) is 22.6 Å². The fourth-order valence-corrected chi connectivity index (χ4v) is 4.13. The highest BCUT2D eigenvalue weighted by Gasteiger charge is 2.34. The Morgan fingerprint density at radius 1 is 0.793 bits per heavy atom.